The van der Waals surface area contributed by atoms with Crippen molar-refractivity contribution in [1.29, 1.82) is 0 Å². The Bertz CT molecular complexity index is 911. The van der Waals surface area contributed by atoms with Crippen LogP contribution in [0, 0.1) is 0 Å². The van der Waals surface area contributed by atoms with Crippen molar-refractivity contribution in [2.75, 3.05) is 6.54 Å². The molecule has 138 valence electrons. The van der Waals surface area contributed by atoms with Gasteiger partial charge in [-0.2, -0.15) is 0 Å². The number of halogens is 1. The summed E-state index contributed by atoms with van der Waals surface area (Å²) < 4.78 is 23.0. The molecule has 0 aliphatic carbocycles. The number of amides is 1. The van der Waals surface area contributed by atoms with E-state index in [1.54, 1.807) is 17.0 Å². The second-order valence-electron chi connectivity index (χ2n) is 6.52. The number of sulfonamides is 1. The Kier molecular flexibility index (Phi) is 5.65. The molecule has 26 heavy (non-hydrogen) atoms. The van der Waals surface area contributed by atoms with Gasteiger partial charge in [-0.15, -0.1) is 0 Å². The van der Waals surface area contributed by atoms with Gasteiger partial charge in [-0.05, 0) is 60.2 Å². The maximum Gasteiger partial charge on any atom is 0.238 e. The van der Waals surface area contributed by atoms with Crippen molar-refractivity contribution in [1.82, 2.24) is 4.90 Å². The number of benzene rings is 2. The molecule has 2 N–H and O–H groups in total. The van der Waals surface area contributed by atoms with Crippen LogP contribution in [0.5, 0.6) is 0 Å². The van der Waals surface area contributed by atoms with Crippen molar-refractivity contribution in [3.8, 4) is 0 Å². The highest BCUT2D eigenvalue weighted by molar-refractivity contribution is 7.89. The van der Waals surface area contributed by atoms with Crippen LogP contribution in [0.1, 0.15) is 29.5 Å². The van der Waals surface area contributed by atoms with E-state index in [0.717, 1.165) is 36.0 Å². The van der Waals surface area contributed by atoms with Crippen LogP contribution >= 0.6 is 11.6 Å². The highest BCUT2D eigenvalue weighted by Gasteiger charge is 2.22. The Morgan fingerprint density at radius 1 is 1.12 bits per heavy atom. The largest absolute Gasteiger partial charge is 0.338 e. The monoisotopic (exact) mass is 392 g/mol. The van der Waals surface area contributed by atoms with Crippen LogP contribution in [0.25, 0.3) is 0 Å². The third kappa shape index (κ3) is 4.63. The van der Waals surface area contributed by atoms with Crippen LogP contribution in [0.4, 0.5) is 0 Å². The van der Waals surface area contributed by atoms with Gasteiger partial charge >= 0.3 is 0 Å². The Labute approximate surface area is 158 Å². The van der Waals surface area contributed by atoms with Gasteiger partial charge in [0.05, 0.1) is 4.90 Å². The minimum absolute atomic E-state index is 0.0885. The molecule has 5 nitrogen and oxygen atoms in total. The third-order valence-electron chi connectivity index (χ3n) is 4.64. The number of rotatable bonds is 5. The fraction of sp³-hybridized carbons (Fsp3) is 0.316. The van der Waals surface area contributed by atoms with Crippen LogP contribution in [0.15, 0.2) is 47.4 Å². The van der Waals surface area contributed by atoms with Gasteiger partial charge in [-0.3, -0.25) is 4.79 Å². The second kappa shape index (κ2) is 7.78. The first-order valence-electron chi connectivity index (χ1n) is 8.50. The normalized spacial score (nSPS) is 14.2. The highest BCUT2D eigenvalue weighted by atomic mass is 35.5. The van der Waals surface area contributed by atoms with Crippen molar-refractivity contribution in [3.63, 3.8) is 0 Å². The number of primary sulfonamides is 1. The average molecular weight is 393 g/mol. The van der Waals surface area contributed by atoms with E-state index >= 15 is 0 Å². The Morgan fingerprint density at radius 3 is 2.54 bits per heavy atom. The van der Waals surface area contributed by atoms with Gasteiger partial charge in [0, 0.05) is 24.5 Å². The zero-order valence-electron chi connectivity index (χ0n) is 14.3. The SMILES string of the molecule is NS(=O)(=O)c1ccc2c(c1)CN(C(=O)CCCc1ccc(Cl)cc1)CC2. The molecule has 1 amide bonds. The molecule has 0 saturated carbocycles. The Hall–Kier alpha value is -1.89. The summed E-state index contributed by atoms with van der Waals surface area (Å²) in [5.74, 6) is 0.0885. The summed E-state index contributed by atoms with van der Waals surface area (Å²) in [7, 11) is -3.73. The minimum Gasteiger partial charge on any atom is -0.338 e. The summed E-state index contributed by atoms with van der Waals surface area (Å²) in [6, 6.07) is 12.5. The maximum atomic E-state index is 12.5. The Balaban J connectivity index is 1.59. The molecule has 1 heterocycles. The van der Waals surface area contributed by atoms with Crippen LogP contribution in [-0.2, 0) is 34.2 Å². The second-order valence-corrected chi connectivity index (χ2v) is 8.52. The van der Waals surface area contributed by atoms with E-state index in [4.69, 9.17) is 16.7 Å². The molecular weight excluding hydrogens is 372 g/mol. The minimum atomic E-state index is -3.73. The molecule has 1 aliphatic rings. The summed E-state index contributed by atoms with van der Waals surface area (Å²) in [6.07, 6.45) is 2.78. The van der Waals surface area contributed by atoms with Gasteiger partial charge in [-0.1, -0.05) is 29.8 Å². The fourth-order valence-electron chi connectivity index (χ4n) is 3.18. The zero-order valence-corrected chi connectivity index (χ0v) is 15.9. The van der Waals surface area contributed by atoms with Crippen molar-refractivity contribution >= 4 is 27.5 Å². The lowest BCUT2D eigenvalue weighted by molar-refractivity contribution is -0.132. The maximum absolute atomic E-state index is 12.5. The van der Waals surface area contributed by atoms with Gasteiger partial charge in [0.2, 0.25) is 15.9 Å². The fourth-order valence-corrected chi connectivity index (χ4v) is 3.87. The Morgan fingerprint density at radius 2 is 1.85 bits per heavy atom. The van der Waals surface area contributed by atoms with Crippen LogP contribution in [0.3, 0.4) is 0 Å². The van der Waals surface area contributed by atoms with E-state index in [1.807, 2.05) is 24.3 Å². The molecular formula is C19H21ClN2O3S. The van der Waals surface area contributed by atoms with Gasteiger partial charge in [0.25, 0.3) is 0 Å². The lowest BCUT2D eigenvalue weighted by Gasteiger charge is -2.29. The number of hydrogen-bond donors (Lipinski definition) is 1. The van der Waals surface area contributed by atoms with E-state index in [1.165, 1.54) is 6.07 Å². The van der Waals surface area contributed by atoms with E-state index < -0.39 is 10.0 Å². The lowest BCUT2D eigenvalue weighted by atomic mass is 9.99. The first kappa shape index (κ1) is 18.9. The van der Waals surface area contributed by atoms with E-state index in [-0.39, 0.29) is 10.8 Å². The highest BCUT2D eigenvalue weighted by Crippen LogP contribution is 2.23. The van der Waals surface area contributed by atoms with E-state index in [2.05, 4.69) is 0 Å². The number of hydrogen-bond acceptors (Lipinski definition) is 3. The average Bonchev–Trinajstić information content (AvgIpc) is 2.61. The number of nitrogens with two attached hydrogens (primary N) is 1. The number of fused-ring (bicyclic) bond motifs is 1. The molecule has 2 aromatic rings. The zero-order chi connectivity index (χ0) is 18.7. The smallest absolute Gasteiger partial charge is 0.238 e. The summed E-state index contributed by atoms with van der Waals surface area (Å²) in [6.45, 7) is 1.08. The van der Waals surface area contributed by atoms with E-state index in [0.29, 0.717) is 24.5 Å². The lowest BCUT2D eigenvalue weighted by Crippen LogP contribution is -2.36. The molecule has 1 aliphatic heterocycles. The van der Waals surface area contributed by atoms with Gasteiger partial charge in [0.15, 0.2) is 0 Å². The van der Waals surface area contributed by atoms with Crippen LogP contribution < -0.4 is 5.14 Å². The molecule has 7 heteroatoms. The number of carbonyl (C=O) groups excluding carboxylic acids is 1. The molecule has 0 aromatic heterocycles. The molecule has 0 radical (unpaired) electrons. The number of aryl methyl sites for hydroxylation is 1. The van der Waals surface area contributed by atoms with Gasteiger partial charge < -0.3 is 4.90 Å². The summed E-state index contributed by atoms with van der Waals surface area (Å²) in [4.78, 5) is 14.4. The molecule has 0 spiro atoms. The first-order valence-corrected chi connectivity index (χ1v) is 10.4. The first-order chi connectivity index (χ1) is 12.3. The molecule has 0 unspecified atom stereocenters. The van der Waals surface area contributed by atoms with Crippen molar-refractivity contribution in [2.24, 2.45) is 5.14 Å². The predicted molar refractivity (Wildman–Crippen MR) is 101 cm³/mol. The number of carbonyl (C=O) groups is 1. The van der Waals surface area contributed by atoms with Crippen molar-refractivity contribution in [3.05, 3.63) is 64.2 Å². The van der Waals surface area contributed by atoms with Crippen LogP contribution in [-0.4, -0.2) is 25.8 Å². The van der Waals surface area contributed by atoms with Crippen molar-refractivity contribution in [2.45, 2.75) is 37.1 Å². The topological polar surface area (TPSA) is 80.5 Å². The third-order valence-corrected chi connectivity index (χ3v) is 5.80. The summed E-state index contributed by atoms with van der Waals surface area (Å²) in [5, 5.41) is 5.90. The molecule has 0 atom stereocenters. The van der Waals surface area contributed by atoms with Crippen LogP contribution in [0.2, 0.25) is 5.02 Å². The molecule has 0 fully saturated rings. The van der Waals surface area contributed by atoms with Gasteiger partial charge in [0.1, 0.15) is 0 Å². The van der Waals surface area contributed by atoms with Gasteiger partial charge in [-0.25, -0.2) is 13.6 Å². The molecule has 2 aromatic carbocycles. The number of nitrogens with zero attached hydrogens (tertiary/aromatic N) is 1. The summed E-state index contributed by atoms with van der Waals surface area (Å²) >= 11 is 5.87. The molecule has 0 saturated heterocycles. The molecule has 0 bridgehead atoms. The standard InChI is InChI=1S/C19H21ClN2O3S/c20-17-7-4-14(5-8-17)2-1-3-19(23)22-11-10-15-6-9-18(26(21,24)25)12-16(15)13-22/h4-9,12H,1-3,10-11,13H2,(H2,21,24,25). The quantitative estimate of drug-likeness (QED) is 0.849. The molecule has 3 rings (SSSR count). The predicted octanol–water partition coefficient (Wildman–Crippen LogP) is 2.90. The van der Waals surface area contributed by atoms with E-state index in [9.17, 15) is 13.2 Å². The van der Waals surface area contributed by atoms with Crippen molar-refractivity contribution < 1.29 is 13.2 Å². The summed E-state index contributed by atoms with van der Waals surface area (Å²) in [5.41, 5.74) is 3.08.